The molecule has 558 valence electrons. The van der Waals surface area contributed by atoms with Gasteiger partial charge in [-0.15, -0.1) is 0 Å². The maximum Gasteiger partial charge on any atom is 0.472 e. The van der Waals surface area contributed by atoms with E-state index in [0.29, 0.717) is 25.7 Å². The highest BCUT2D eigenvalue weighted by molar-refractivity contribution is 7.47. The number of esters is 4. The van der Waals surface area contributed by atoms with E-state index >= 15 is 0 Å². The van der Waals surface area contributed by atoms with Crippen molar-refractivity contribution in [1.82, 2.24) is 0 Å². The van der Waals surface area contributed by atoms with Gasteiger partial charge in [-0.05, 0) is 31.6 Å². The molecule has 0 saturated carbocycles. The smallest absolute Gasteiger partial charge is 0.462 e. The zero-order chi connectivity index (χ0) is 69.1. The standard InChI is InChI=1S/C75H146O17P2/c1-6-9-12-15-18-21-23-25-27-28-29-31-35-41-46-51-56-61-75(80)92-71(65-86-73(78)59-54-49-44-39-36-32-33-38-42-47-52-57-68(4)5)67-90-94(83,84)88-63-69(76)62-87-93(81,82)89-66-70(64-85-72(77)58-53-48-43-37-20-17-14-11-8-3)91-74(79)60-55-50-45-40-34-30-26-24-22-19-16-13-10-7-2/h68-71,76H,6-67H2,1-5H3,(H,81,82)(H,83,84)/t69-,70+,71+/m0/s1. The number of hydrogen-bond donors (Lipinski definition) is 3. The molecule has 94 heavy (non-hydrogen) atoms. The van der Waals surface area contributed by atoms with Gasteiger partial charge < -0.3 is 33.8 Å². The van der Waals surface area contributed by atoms with E-state index in [-0.39, 0.29) is 25.7 Å². The van der Waals surface area contributed by atoms with Gasteiger partial charge in [0.25, 0.3) is 0 Å². The Morgan fingerprint density at radius 2 is 0.489 bits per heavy atom. The van der Waals surface area contributed by atoms with Crippen molar-refractivity contribution >= 4 is 39.5 Å². The first-order valence-electron chi connectivity index (χ1n) is 39.1. The molecule has 0 radical (unpaired) electrons. The maximum atomic E-state index is 13.1. The number of carbonyl (C=O) groups excluding carboxylic acids is 4. The molecule has 0 aromatic heterocycles. The Balaban J connectivity index is 5.23. The summed E-state index contributed by atoms with van der Waals surface area (Å²) in [6.07, 6.45) is 56.8. The zero-order valence-corrected chi connectivity index (χ0v) is 62.9. The van der Waals surface area contributed by atoms with E-state index in [1.807, 2.05) is 0 Å². The SMILES string of the molecule is CCCCCCCCCCCCCCCCCCCC(=O)O[C@H](COC(=O)CCCCCCCCCCCCCC(C)C)COP(=O)(O)OC[C@@H](O)COP(=O)(O)OC[C@@H](COC(=O)CCCCCCCCCCC)OC(=O)CCCCCCCCCCCCCCCC. The lowest BCUT2D eigenvalue weighted by molar-refractivity contribution is -0.161. The van der Waals surface area contributed by atoms with Gasteiger partial charge in [0.2, 0.25) is 0 Å². The van der Waals surface area contributed by atoms with Crippen LogP contribution >= 0.6 is 15.6 Å². The summed E-state index contributed by atoms with van der Waals surface area (Å²) < 4.78 is 68.5. The summed E-state index contributed by atoms with van der Waals surface area (Å²) >= 11 is 0. The second-order valence-electron chi connectivity index (χ2n) is 27.5. The fourth-order valence-corrected chi connectivity index (χ4v) is 13.1. The largest absolute Gasteiger partial charge is 0.472 e. The Morgan fingerprint density at radius 1 is 0.287 bits per heavy atom. The van der Waals surface area contributed by atoms with Gasteiger partial charge >= 0.3 is 39.5 Å². The lowest BCUT2D eigenvalue weighted by atomic mass is 10.0. The van der Waals surface area contributed by atoms with Gasteiger partial charge in [0.05, 0.1) is 26.4 Å². The molecule has 2 unspecified atom stereocenters. The van der Waals surface area contributed by atoms with Crippen LogP contribution in [0.3, 0.4) is 0 Å². The van der Waals surface area contributed by atoms with Gasteiger partial charge in [-0.2, -0.15) is 0 Å². The average Bonchev–Trinajstić information content (AvgIpc) is 1.18. The van der Waals surface area contributed by atoms with Crippen LogP contribution in [0.4, 0.5) is 0 Å². The topological polar surface area (TPSA) is 237 Å². The van der Waals surface area contributed by atoms with Crippen molar-refractivity contribution in [1.29, 1.82) is 0 Å². The number of hydrogen-bond acceptors (Lipinski definition) is 15. The average molecular weight is 1380 g/mol. The molecule has 0 saturated heterocycles. The maximum absolute atomic E-state index is 13.1. The van der Waals surface area contributed by atoms with Gasteiger partial charge in [0.1, 0.15) is 19.3 Å². The molecule has 19 heteroatoms. The van der Waals surface area contributed by atoms with Crippen molar-refractivity contribution < 1.29 is 80.2 Å². The predicted molar refractivity (Wildman–Crippen MR) is 382 cm³/mol. The second kappa shape index (κ2) is 68.2. The molecular formula is C75H146O17P2. The molecule has 0 aliphatic carbocycles. The molecule has 0 fully saturated rings. The van der Waals surface area contributed by atoms with E-state index < -0.39 is 97.5 Å². The predicted octanol–water partition coefficient (Wildman–Crippen LogP) is 22.1. The Morgan fingerprint density at radius 3 is 0.723 bits per heavy atom. The van der Waals surface area contributed by atoms with E-state index in [4.69, 9.17) is 37.0 Å². The fourth-order valence-electron chi connectivity index (χ4n) is 11.5. The number of aliphatic hydroxyl groups excluding tert-OH is 1. The lowest BCUT2D eigenvalue weighted by Gasteiger charge is -2.21. The Kier molecular flexibility index (Phi) is 66.8. The number of aliphatic hydroxyl groups is 1. The molecule has 5 atom stereocenters. The minimum absolute atomic E-state index is 0.108. The summed E-state index contributed by atoms with van der Waals surface area (Å²) in [4.78, 5) is 72.7. The summed E-state index contributed by atoms with van der Waals surface area (Å²) in [5, 5.41) is 10.6. The van der Waals surface area contributed by atoms with E-state index in [1.54, 1.807) is 0 Å². The normalized spacial score (nSPS) is 14.0. The van der Waals surface area contributed by atoms with E-state index in [9.17, 15) is 43.2 Å². The van der Waals surface area contributed by atoms with Gasteiger partial charge in [-0.3, -0.25) is 37.3 Å². The number of phosphoric ester groups is 2. The molecule has 0 aromatic rings. The van der Waals surface area contributed by atoms with Gasteiger partial charge in [0.15, 0.2) is 12.2 Å². The van der Waals surface area contributed by atoms with Gasteiger partial charge in [-0.1, -0.05) is 343 Å². The number of unbranched alkanes of at least 4 members (excludes halogenated alkanes) is 47. The highest BCUT2D eigenvalue weighted by Crippen LogP contribution is 2.45. The van der Waals surface area contributed by atoms with Crippen LogP contribution in [-0.2, 0) is 65.4 Å². The monoisotopic (exact) mass is 1380 g/mol. The van der Waals surface area contributed by atoms with Crippen LogP contribution in [0.25, 0.3) is 0 Å². The lowest BCUT2D eigenvalue weighted by Crippen LogP contribution is -2.30. The van der Waals surface area contributed by atoms with Crippen molar-refractivity contribution in [2.75, 3.05) is 39.6 Å². The Bertz CT molecular complexity index is 1810. The minimum atomic E-state index is -4.96. The number of rotatable bonds is 75. The van der Waals surface area contributed by atoms with Crippen molar-refractivity contribution in [3.63, 3.8) is 0 Å². The molecule has 0 aromatic carbocycles. The van der Waals surface area contributed by atoms with Crippen LogP contribution in [0, 0.1) is 5.92 Å². The van der Waals surface area contributed by atoms with Gasteiger partial charge in [0, 0.05) is 25.7 Å². The van der Waals surface area contributed by atoms with Crippen LogP contribution in [-0.4, -0.2) is 96.7 Å². The third kappa shape index (κ3) is 68.6. The number of carbonyl (C=O) groups is 4. The molecule has 0 bridgehead atoms. The van der Waals surface area contributed by atoms with E-state index in [0.717, 1.165) is 95.8 Å². The second-order valence-corrected chi connectivity index (χ2v) is 30.4. The minimum Gasteiger partial charge on any atom is -0.462 e. The van der Waals surface area contributed by atoms with E-state index in [2.05, 4.69) is 34.6 Å². The molecule has 0 aliphatic heterocycles. The van der Waals surface area contributed by atoms with Crippen molar-refractivity contribution in [2.45, 2.75) is 412 Å². The summed E-state index contributed by atoms with van der Waals surface area (Å²) in [5.41, 5.74) is 0. The summed E-state index contributed by atoms with van der Waals surface area (Å²) in [6, 6.07) is 0. The fraction of sp³-hybridized carbons (Fsp3) is 0.947. The van der Waals surface area contributed by atoms with Crippen LogP contribution in [0.5, 0.6) is 0 Å². The zero-order valence-electron chi connectivity index (χ0n) is 61.1. The number of ether oxygens (including phenoxy) is 4. The molecule has 0 heterocycles. The molecular weight excluding hydrogens is 1230 g/mol. The quantitative estimate of drug-likeness (QED) is 0.0222. The molecule has 0 amide bonds. The highest BCUT2D eigenvalue weighted by atomic mass is 31.2. The third-order valence-corrected chi connectivity index (χ3v) is 19.4. The first-order valence-corrected chi connectivity index (χ1v) is 42.1. The molecule has 0 aliphatic rings. The Labute approximate surface area is 575 Å². The molecule has 0 rings (SSSR count). The van der Waals surface area contributed by atoms with E-state index in [1.165, 1.54) is 218 Å². The first kappa shape index (κ1) is 92.1. The third-order valence-electron chi connectivity index (χ3n) is 17.5. The molecule has 17 nitrogen and oxygen atoms in total. The summed E-state index contributed by atoms with van der Waals surface area (Å²) in [5.74, 6) is -1.34. The van der Waals surface area contributed by atoms with Crippen molar-refractivity contribution in [2.24, 2.45) is 5.92 Å². The summed E-state index contributed by atoms with van der Waals surface area (Å²) in [7, 11) is -9.91. The van der Waals surface area contributed by atoms with Crippen LogP contribution in [0.15, 0.2) is 0 Å². The molecule has 0 spiro atoms. The van der Waals surface area contributed by atoms with Crippen LogP contribution in [0.1, 0.15) is 394 Å². The Hall–Kier alpha value is -1.94. The summed E-state index contributed by atoms with van der Waals surface area (Å²) in [6.45, 7) is 7.28. The highest BCUT2D eigenvalue weighted by Gasteiger charge is 2.30. The van der Waals surface area contributed by atoms with Crippen LogP contribution in [0.2, 0.25) is 0 Å². The number of phosphoric acid groups is 2. The van der Waals surface area contributed by atoms with Crippen LogP contribution < -0.4 is 0 Å². The first-order chi connectivity index (χ1) is 45.5. The van der Waals surface area contributed by atoms with Crippen molar-refractivity contribution in [3.05, 3.63) is 0 Å². The van der Waals surface area contributed by atoms with Crippen molar-refractivity contribution in [3.8, 4) is 0 Å². The molecule has 3 N–H and O–H groups in total. The van der Waals surface area contributed by atoms with Gasteiger partial charge in [-0.25, -0.2) is 9.13 Å².